The topological polar surface area (TPSA) is 75.3 Å². The monoisotopic (exact) mass is 533 g/mol. The lowest BCUT2D eigenvalue weighted by Gasteiger charge is -2.46. The third-order valence-corrected chi connectivity index (χ3v) is 6.39. The van der Waals surface area contributed by atoms with E-state index in [9.17, 15) is 4.79 Å². The van der Waals surface area contributed by atoms with Crippen molar-refractivity contribution in [3.63, 3.8) is 0 Å². The van der Waals surface area contributed by atoms with Gasteiger partial charge in [0.25, 0.3) is 0 Å². The van der Waals surface area contributed by atoms with E-state index >= 15 is 0 Å². The summed E-state index contributed by atoms with van der Waals surface area (Å²) in [5.41, 5.74) is 3.11. The highest BCUT2D eigenvalue weighted by atomic mass is 16.7. The maximum Gasteiger partial charge on any atom is 0.217 e. The number of carbonyl (C=O) groups is 1. The Kier molecular flexibility index (Phi) is 11.1. The van der Waals surface area contributed by atoms with Crippen molar-refractivity contribution in [2.75, 3.05) is 6.61 Å². The van der Waals surface area contributed by atoms with Crippen LogP contribution in [0.3, 0.4) is 0 Å². The molecule has 1 N–H and O–H groups in total. The molecule has 208 valence electrons. The predicted molar refractivity (Wildman–Crippen MR) is 149 cm³/mol. The molecular weight excluding hydrogens is 494 g/mol. The van der Waals surface area contributed by atoms with Gasteiger partial charge in [-0.05, 0) is 30.5 Å². The average Bonchev–Trinajstić information content (AvgIpc) is 2.94. The Bertz CT molecular complexity index is 1110. The molecule has 0 aromatic heterocycles. The number of hydrogen-bond donors (Lipinski definition) is 1. The molecule has 5 atom stereocenters. The number of amides is 1. The Labute approximate surface area is 231 Å². The van der Waals surface area contributed by atoms with E-state index < -0.39 is 30.6 Å². The third kappa shape index (κ3) is 8.98. The summed E-state index contributed by atoms with van der Waals surface area (Å²) in [5.74, 6) is -0.199. The van der Waals surface area contributed by atoms with Crippen molar-refractivity contribution in [1.82, 2.24) is 5.32 Å². The summed E-state index contributed by atoms with van der Waals surface area (Å²) in [6, 6.07) is 29.3. The number of ether oxygens (including phenoxy) is 5. The lowest BCUT2D eigenvalue weighted by atomic mass is 9.95. The molecular formula is C32H39NO6. The van der Waals surface area contributed by atoms with E-state index in [2.05, 4.69) is 5.32 Å². The average molecular weight is 534 g/mol. The minimum absolute atomic E-state index is 0.131. The molecule has 4 rings (SSSR count). The van der Waals surface area contributed by atoms with Crippen molar-refractivity contribution in [2.45, 2.75) is 77.3 Å². The van der Waals surface area contributed by atoms with Crippen LogP contribution < -0.4 is 5.32 Å². The van der Waals surface area contributed by atoms with Gasteiger partial charge >= 0.3 is 0 Å². The van der Waals surface area contributed by atoms with Crippen LogP contribution in [0.1, 0.15) is 37.5 Å². The first-order valence-electron chi connectivity index (χ1n) is 13.5. The molecule has 1 fully saturated rings. The van der Waals surface area contributed by atoms with Gasteiger partial charge in [0.05, 0.1) is 32.5 Å². The van der Waals surface area contributed by atoms with Gasteiger partial charge in [-0.3, -0.25) is 4.79 Å². The molecule has 1 heterocycles. The molecule has 3 aromatic carbocycles. The summed E-state index contributed by atoms with van der Waals surface area (Å²) in [6.45, 7) is 6.77. The van der Waals surface area contributed by atoms with Crippen LogP contribution in [0.15, 0.2) is 91.0 Å². The van der Waals surface area contributed by atoms with Crippen molar-refractivity contribution >= 4 is 5.91 Å². The molecule has 1 saturated heterocycles. The second-order valence-electron chi connectivity index (χ2n) is 9.98. The van der Waals surface area contributed by atoms with Gasteiger partial charge in [-0.2, -0.15) is 0 Å². The highest BCUT2D eigenvalue weighted by Gasteiger charge is 2.49. The Morgan fingerprint density at radius 2 is 1.26 bits per heavy atom. The van der Waals surface area contributed by atoms with Gasteiger partial charge in [-0.25, -0.2) is 0 Å². The molecule has 0 unspecified atom stereocenters. The van der Waals surface area contributed by atoms with Crippen molar-refractivity contribution in [1.29, 1.82) is 0 Å². The maximum atomic E-state index is 12.3. The van der Waals surface area contributed by atoms with E-state index in [1.54, 1.807) is 0 Å². The lowest BCUT2D eigenvalue weighted by Crippen LogP contribution is -2.66. The number of rotatable bonds is 13. The smallest absolute Gasteiger partial charge is 0.217 e. The van der Waals surface area contributed by atoms with Crippen LogP contribution in [0.4, 0.5) is 0 Å². The van der Waals surface area contributed by atoms with E-state index in [4.69, 9.17) is 23.7 Å². The van der Waals surface area contributed by atoms with Gasteiger partial charge in [0.2, 0.25) is 5.91 Å². The van der Waals surface area contributed by atoms with Gasteiger partial charge in [-0.15, -0.1) is 0 Å². The summed E-state index contributed by atoms with van der Waals surface area (Å²) >= 11 is 0. The highest BCUT2D eigenvalue weighted by Crippen LogP contribution is 2.30. The highest BCUT2D eigenvalue weighted by molar-refractivity contribution is 5.73. The van der Waals surface area contributed by atoms with Crippen molar-refractivity contribution < 1.29 is 28.5 Å². The zero-order chi connectivity index (χ0) is 27.5. The molecule has 1 aliphatic heterocycles. The Balaban J connectivity index is 1.60. The van der Waals surface area contributed by atoms with E-state index in [-0.39, 0.29) is 18.6 Å². The molecule has 1 amide bonds. The standard InChI is InChI=1S/C32H39NO6/c1-23(2)38-32-29(33-24(3)34)31(37-21-27-17-11-6-12-18-27)30(36-20-26-15-9-5-10-16-26)28(39-32)22-35-19-25-13-7-4-8-14-25/h4-18,23,28-32H,19-22H2,1-3H3,(H,33,34)/t28-,29-,30+,31-,32-/m1/s1. The molecule has 3 aromatic rings. The summed E-state index contributed by atoms with van der Waals surface area (Å²) in [5, 5.41) is 3.02. The Morgan fingerprint density at radius 1 is 0.769 bits per heavy atom. The van der Waals surface area contributed by atoms with Gasteiger partial charge in [-0.1, -0.05) is 91.0 Å². The fraction of sp³-hybridized carbons (Fsp3) is 0.406. The van der Waals surface area contributed by atoms with Gasteiger partial charge in [0.1, 0.15) is 24.4 Å². The van der Waals surface area contributed by atoms with Crippen LogP contribution in [-0.4, -0.2) is 49.3 Å². The normalized spacial score (nSPS) is 23.0. The number of carbonyl (C=O) groups excluding carboxylic acids is 1. The van der Waals surface area contributed by atoms with Crippen LogP contribution in [0.25, 0.3) is 0 Å². The summed E-state index contributed by atoms with van der Waals surface area (Å²) < 4.78 is 31.8. The molecule has 39 heavy (non-hydrogen) atoms. The van der Waals surface area contributed by atoms with E-state index in [1.165, 1.54) is 6.92 Å². The minimum atomic E-state index is -0.739. The summed E-state index contributed by atoms with van der Waals surface area (Å²) in [4.78, 5) is 12.3. The quantitative estimate of drug-likeness (QED) is 0.332. The molecule has 0 bridgehead atoms. The predicted octanol–water partition coefficient (Wildman–Crippen LogP) is 5.03. The third-order valence-electron chi connectivity index (χ3n) is 6.39. The van der Waals surface area contributed by atoms with Gasteiger partial charge in [0.15, 0.2) is 6.29 Å². The first-order valence-corrected chi connectivity index (χ1v) is 13.5. The zero-order valence-corrected chi connectivity index (χ0v) is 22.9. The van der Waals surface area contributed by atoms with E-state index in [0.29, 0.717) is 19.8 Å². The van der Waals surface area contributed by atoms with Crippen molar-refractivity contribution in [3.8, 4) is 0 Å². The first kappa shape index (κ1) is 28.9. The SMILES string of the molecule is CC(=O)N[C@H]1[C@H](OC(C)C)O[C@H](COCc2ccccc2)[C@H](OCc2ccccc2)[C@@H]1OCc1ccccc1. The second-order valence-corrected chi connectivity index (χ2v) is 9.98. The number of nitrogens with one attached hydrogen (secondary N) is 1. The molecule has 0 radical (unpaired) electrons. The number of hydrogen-bond acceptors (Lipinski definition) is 6. The fourth-order valence-corrected chi connectivity index (χ4v) is 4.61. The summed E-state index contributed by atoms with van der Waals surface area (Å²) in [7, 11) is 0. The van der Waals surface area contributed by atoms with E-state index in [0.717, 1.165) is 16.7 Å². The van der Waals surface area contributed by atoms with Gasteiger partial charge in [0, 0.05) is 6.92 Å². The first-order chi connectivity index (χ1) is 19.0. The minimum Gasteiger partial charge on any atom is -0.374 e. The largest absolute Gasteiger partial charge is 0.374 e. The fourth-order valence-electron chi connectivity index (χ4n) is 4.61. The van der Waals surface area contributed by atoms with Crippen LogP contribution in [0.5, 0.6) is 0 Å². The van der Waals surface area contributed by atoms with Crippen LogP contribution >= 0.6 is 0 Å². The molecule has 0 spiro atoms. The molecule has 7 heteroatoms. The molecule has 0 aliphatic carbocycles. The van der Waals surface area contributed by atoms with Crippen molar-refractivity contribution in [2.24, 2.45) is 0 Å². The molecule has 0 saturated carbocycles. The van der Waals surface area contributed by atoms with Gasteiger partial charge < -0.3 is 29.0 Å². The lowest BCUT2D eigenvalue weighted by molar-refractivity contribution is -0.297. The zero-order valence-electron chi connectivity index (χ0n) is 22.9. The van der Waals surface area contributed by atoms with E-state index in [1.807, 2.05) is 105 Å². The maximum absolute atomic E-state index is 12.3. The molecule has 1 aliphatic rings. The summed E-state index contributed by atoms with van der Waals surface area (Å²) in [6.07, 6.45) is -2.45. The van der Waals surface area contributed by atoms with Crippen LogP contribution in [-0.2, 0) is 48.3 Å². The Hall–Kier alpha value is -3.07. The van der Waals surface area contributed by atoms with Crippen LogP contribution in [0.2, 0.25) is 0 Å². The molecule has 7 nitrogen and oxygen atoms in total. The second kappa shape index (κ2) is 14.9. The Morgan fingerprint density at radius 3 is 1.74 bits per heavy atom. The van der Waals surface area contributed by atoms with Crippen molar-refractivity contribution in [3.05, 3.63) is 108 Å². The number of benzene rings is 3. The van der Waals surface area contributed by atoms with Crippen LogP contribution in [0, 0.1) is 0 Å².